The van der Waals surface area contributed by atoms with Crippen LogP contribution in [0.1, 0.15) is 25.3 Å². The molecule has 0 aliphatic carbocycles. The number of hydrogen-bond donors (Lipinski definition) is 2. The Hall–Kier alpha value is -2.25. The lowest BCUT2D eigenvalue weighted by Crippen LogP contribution is -2.43. The van der Waals surface area contributed by atoms with E-state index in [9.17, 15) is 8.42 Å². The largest absolute Gasteiger partial charge is 0.495 e. The van der Waals surface area contributed by atoms with Gasteiger partial charge in [-0.2, -0.15) is 0 Å². The first-order valence-corrected chi connectivity index (χ1v) is 10.7. The highest BCUT2D eigenvalue weighted by Gasteiger charge is 2.20. The molecule has 0 saturated carbocycles. The van der Waals surface area contributed by atoms with Gasteiger partial charge in [-0.15, -0.1) is 0 Å². The van der Waals surface area contributed by atoms with Crippen molar-refractivity contribution >= 4 is 21.4 Å². The molecule has 2 aromatic rings. The van der Waals surface area contributed by atoms with Crippen molar-refractivity contribution < 1.29 is 13.2 Å². The summed E-state index contributed by atoms with van der Waals surface area (Å²) < 4.78 is 33.9. The lowest BCUT2D eigenvalue weighted by Gasteiger charge is -2.30. The van der Waals surface area contributed by atoms with Crippen LogP contribution in [0.5, 0.6) is 5.75 Å². The van der Waals surface area contributed by atoms with Crippen molar-refractivity contribution in [2.24, 2.45) is 0 Å². The number of piperazine rings is 1. The van der Waals surface area contributed by atoms with E-state index >= 15 is 0 Å². The normalized spacial score (nSPS) is 15.0. The van der Waals surface area contributed by atoms with Crippen LogP contribution >= 0.6 is 0 Å². The number of nitrogens with one attached hydrogen (secondary N) is 2. The van der Waals surface area contributed by atoms with Crippen molar-refractivity contribution in [1.82, 2.24) is 5.32 Å². The summed E-state index contributed by atoms with van der Waals surface area (Å²) in [7, 11) is -2.08. The van der Waals surface area contributed by atoms with E-state index in [4.69, 9.17) is 4.74 Å². The zero-order valence-corrected chi connectivity index (χ0v) is 16.8. The number of hydrogen-bond acceptors (Lipinski definition) is 5. The first-order valence-electron chi connectivity index (χ1n) is 9.17. The van der Waals surface area contributed by atoms with Gasteiger partial charge in [-0.25, -0.2) is 8.42 Å². The summed E-state index contributed by atoms with van der Waals surface area (Å²) in [6.45, 7) is 7.55. The minimum atomic E-state index is -3.68. The van der Waals surface area contributed by atoms with Crippen LogP contribution in [-0.2, 0) is 10.0 Å². The highest BCUT2D eigenvalue weighted by atomic mass is 32.2. The molecule has 0 amide bonds. The van der Waals surface area contributed by atoms with Crippen LogP contribution in [-0.4, -0.2) is 41.7 Å². The number of methoxy groups -OCH3 is 1. The number of ether oxygens (including phenoxy) is 1. The minimum absolute atomic E-state index is 0.227. The maximum Gasteiger partial charge on any atom is 0.261 e. The molecule has 7 heteroatoms. The number of nitrogens with zero attached hydrogens (tertiary/aromatic N) is 1. The molecule has 1 aliphatic rings. The predicted octanol–water partition coefficient (Wildman–Crippen LogP) is 3.03. The topological polar surface area (TPSA) is 70.7 Å². The number of sulfonamides is 1. The third kappa shape index (κ3) is 4.54. The van der Waals surface area contributed by atoms with E-state index in [1.54, 1.807) is 37.4 Å². The Morgan fingerprint density at radius 1 is 1.07 bits per heavy atom. The summed E-state index contributed by atoms with van der Waals surface area (Å²) in [6.07, 6.45) is 0. The average Bonchev–Trinajstić information content (AvgIpc) is 2.68. The fraction of sp³-hybridized carbons (Fsp3) is 0.400. The molecule has 27 heavy (non-hydrogen) atoms. The molecule has 0 spiro atoms. The summed E-state index contributed by atoms with van der Waals surface area (Å²) >= 11 is 0. The van der Waals surface area contributed by atoms with Crippen LogP contribution < -0.4 is 19.7 Å². The minimum Gasteiger partial charge on any atom is -0.495 e. The fourth-order valence-corrected chi connectivity index (χ4v) is 4.22. The van der Waals surface area contributed by atoms with E-state index in [1.165, 1.54) is 5.56 Å². The molecule has 1 saturated heterocycles. The summed E-state index contributed by atoms with van der Waals surface area (Å²) in [5, 5.41) is 3.30. The summed E-state index contributed by atoms with van der Waals surface area (Å²) in [4.78, 5) is 2.37. The predicted molar refractivity (Wildman–Crippen MR) is 109 cm³/mol. The van der Waals surface area contributed by atoms with Crippen LogP contribution in [0.15, 0.2) is 47.4 Å². The monoisotopic (exact) mass is 389 g/mol. The van der Waals surface area contributed by atoms with E-state index in [2.05, 4.69) is 28.8 Å². The maximum absolute atomic E-state index is 12.9. The maximum atomic E-state index is 12.9. The molecule has 0 bridgehead atoms. The summed E-state index contributed by atoms with van der Waals surface area (Å²) in [5.41, 5.74) is 2.53. The standard InChI is InChI=1S/C20H27N3O3S/c1-15(2)16-4-6-17(7-5-16)22-27(24,25)18-8-9-20(26-3)19(14-18)23-12-10-21-11-13-23/h4-9,14-15,21-22H,10-13H2,1-3H3. The van der Waals surface area contributed by atoms with Gasteiger partial charge >= 0.3 is 0 Å². The van der Waals surface area contributed by atoms with Gasteiger partial charge in [0.05, 0.1) is 17.7 Å². The number of rotatable bonds is 6. The molecule has 1 heterocycles. The van der Waals surface area contributed by atoms with Crippen LogP contribution in [0, 0.1) is 0 Å². The van der Waals surface area contributed by atoms with Crippen LogP contribution in [0.25, 0.3) is 0 Å². The first kappa shape index (κ1) is 19.5. The van der Waals surface area contributed by atoms with E-state index in [0.29, 0.717) is 17.4 Å². The Kier molecular flexibility index (Phi) is 5.92. The van der Waals surface area contributed by atoms with Gasteiger partial charge in [0.1, 0.15) is 5.75 Å². The lowest BCUT2D eigenvalue weighted by atomic mass is 10.0. The van der Waals surface area contributed by atoms with E-state index in [-0.39, 0.29) is 4.90 Å². The number of benzene rings is 2. The third-order valence-corrected chi connectivity index (χ3v) is 6.13. The Morgan fingerprint density at radius 2 is 1.74 bits per heavy atom. The quantitative estimate of drug-likeness (QED) is 0.795. The summed E-state index contributed by atoms with van der Waals surface area (Å²) in [6, 6.07) is 12.5. The van der Waals surface area contributed by atoms with Gasteiger partial charge < -0.3 is 15.0 Å². The van der Waals surface area contributed by atoms with Crippen molar-refractivity contribution in [3.8, 4) is 5.75 Å². The molecular weight excluding hydrogens is 362 g/mol. The van der Waals surface area contributed by atoms with Crippen molar-refractivity contribution in [1.29, 1.82) is 0 Å². The van der Waals surface area contributed by atoms with E-state index < -0.39 is 10.0 Å². The second-order valence-corrected chi connectivity index (χ2v) is 8.64. The fourth-order valence-electron chi connectivity index (χ4n) is 3.14. The lowest BCUT2D eigenvalue weighted by molar-refractivity contribution is 0.412. The molecule has 1 aliphatic heterocycles. The van der Waals surface area contributed by atoms with Gasteiger partial charge in [-0.1, -0.05) is 26.0 Å². The molecule has 2 aromatic carbocycles. The van der Waals surface area contributed by atoms with Crippen LogP contribution in [0.2, 0.25) is 0 Å². The first-order chi connectivity index (χ1) is 12.9. The zero-order valence-electron chi connectivity index (χ0n) is 16.0. The van der Waals surface area contributed by atoms with E-state index in [0.717, 1.165) is 31.9 Å². The van der Waals surface area contributed by atoms with Gasteiger partial charge in [0.15, 0.2) is 0 Å². The van der Waals surface area contributed by atoms with Crippen molar-refractivity contribution in [3.05, 3.63) is 48.0 Å². The van der Waals surface area contributed by atoms with Crippen molar-refractivity contribution in [2.45, 2.75) is 24.7 Å². The van der Waals surface area contributed by atoms with Crippen molar-refractivity contribution in [3.63, 3.8) is 0 Å². The average molecular weight is 390 g/mol. The van der Waals surface area contributed by atoms with Crippen LogP contribution in [0.4, 0.5) is 11.4 Å². The highest BCUT2D eigenvalue weighted by Crippen LogP contribution is 2.32. The third-order valence-electron chi connectivity index (χ3n) is 4.75. The van der Waals surface area contributed by atoms with Gasteiger partial charge in [0.2, 0.25) is 0 Å². The SMILES string of the molecule is COc1ccc(S(=O)(=O)Nc2ccc(C(C)C)cc2)cc1N1CCNCC1. The Labute approximate surface area is 161 Å². The molecule has 1 fully saturated rings. The Balaban J connectivity index is 1.87. The zero-order chi connectivity index (χ0) is 19.4. The molecule has 3 rings (SSSR count). The molecule has 0 radical (unpaired) electrons. The van der Waals surface area contributed by atoms with Crippen LogP contribution in [0.3, 0.4) is 0 Å². The van der Waals surface area contributed by atoms with Crippen molar-refractivity contribution in [2.75, 3.05) is 42.9 Å². The number of anilines is 2. The highest BCUT2D eigenvalue weighted by molar-refractivity contribution is 7.92. The second-order valence-electron chi connectivity index (χ2n) is 6.95. The van der Waals surface area contributed by atoms with E-state index in [1.807, 2.05) is 12.1 Å². The molecule has 0 atom stereocenters. The Bertz CT molecular complexity index is 874. The molecule has 2 N–H and O–H groups in total. The Morgan fingerprint density at radius 3 is 2.33 bits per heavy atom. The molecule has 146 valence electrons. The second kappa shape index (κ2) is 8.19. The summed E-state index contributed by atoms with van der Waals surface area (Å²) in [5.74, 6) is 1.08. The van der Waals surface area contributed by atoms with Gasteiger partial charge in [-0.3, -0.25) is 4.72 Å². The molecule has 6 nitrogen and oxygen atoms in total. The van der Waals surface area contributed by atoms with Gasteiger partial charge in [0, 0.05) is 31.9 Å². The smallest absolute Gasteiger partial charge is 0.261 e. The molecule has 0 unspecified atom stereocenters. The van der Waals surface area contributed by atoms with Gasteiger partial charge in [-0.05, 0) is 41.8 Å². The molecule has 0 aromatic heterocycles. The van der Waals surface area contributed by atoms with Gasteiger partial charge in [0.25, 0.3) is 10.0 Å². The molecular formula is C20H27N3O3S.